The second-order valence-corrected chi connectivity index (χ2v) is 8.24. The van der Waals surface area contributed by atoms with Crippen LogP contribution < -0.4 is 10.6 Å². The van der Waals surface area contributed by atoms with E-state index in [1.807, 2.05) is 48.5 Å². The van der Waals surface area contributed by atoms with Gasteiger partial charge in [0.1, 0.15) is 0 Å². The summed E-state index contributed by atoms with van der Waals surface area (Å²) >= 11 is 1.58. The lowest BCUT2D eigenvalue weighted by molar-refractivity contribution is -0.116. The molecule has 0 spiro atoms. The fourth-order valence-corrected chi connectivity index (χ4v) is 3.96. The lowest BCUT2D eigenvalue weighted by Crippen LogP contribution is -2.17. The number of hydrogen-bond acceptors (Lipinski definition) is 3. The van der Waals surface area contributed by atoms with Crippen molar-refractivity contribution in [2.45, 2.75) is 68.1 Å². The van der Waals surface area contributed by atoms with E-state index in [-0.39, 0.29) is 11.8 Å². The standard InChI is InChI=1S/C24H32N2O2S/c1-3-4-5-6-7-8-9-14-23(27)26-21-12-10-11-13-22(21)29-20-17-15-19(16-18-20)24(28)25-2/h10-13,15-18H,3-9,14H2,1-2H3,(H,25,28)(H,26,27). The van der Waals surface area contributed by atoms with Crippen LogP contribution in [0.25, 0.3) is 0 Å². The molecule has 0 atom stereocenters. The summed E-state index contributed by atoms with van der Waals surface area (Å²) in [5.74, 6) is -0.0267. The number of hydrogen-bond donors (Lipinski definition) is 2. The molecule has 0 radical (unpaired) electrons. The van der Waals surface area contributed by atoms with Crippen LogP contribution in [0.2, 0.25) is 0 Å². The van der Waals surface area contributed by atoms with Gasteiger partial charge in [0.15, 0.2) is 0 Å². The molecule has 2 aromatic rings. The van der Waals surface area contributed by atoms with E-state index in [1.165, 1.54) is 32.1 Å². The summed E-state index contributed by atoms with van der Waals surface area (Å²) in [4.78, 5) is 26.0. The van der Waals surface area contributed by atoms with Gasteiger partial charge in [-0.1, -0.05) is 69.3 Å². The molecule has 2 amide bonds. The van der Waals surface area contributed by atoms with E-state index in [2.05, 4.69) is 17.6 Å². The average molecular weight is 413 g/mol. The molecular formula is C24H32N2O2S. The Bertz CT molecular complexity index is 775. The Labute approximate surface area is 178 Å². The molecule has 156 valence electrons. The maximum absolute atomic E-state index is 12.3. The third-order valence-corrected chi connectivity index (χ3v) is 5.82. The number of anilines is 1. The van der Waals surface area contributed by atoms with E-state index in [9.17, 15) is 9.59 Å². The maximum Gasteiger partial charge on any atom is 0.251 e. The molecule has 0 bridgehead atoms. The van der Waals surface area contributed by atoms with Crippen LogP contribution in [-0.4, -0.2) is 18.9 Å². The lowest BCUT2D eigenvalue weighted by atomic mass is 10.1. The Morgan fingerprint density at radius 2 is 1.52 bits per heavy atom. The first-order valence-electron chi connectivity index (χ1n) is 10.5. The van der Waals surface area contributed by atoms with Crippen LogP contribution in [0.4, 0.5) is 5.69 Å². The van der Waals surface area contributed by atoms with E-state index in [0.29, 0.717) is 12.0 Å². The summed E-state index contributed by atoms with van der Waals surface area (Å²) in [7, 11) is 1.62. The molecule has 0 unspecified atom stereocenters. The van der Waals surface area contributed by atoms with Gasteiger partial charge in [0.25, 0.3) is 5.91 Å². The van der Waals surface area contributed by atoms with Crippen molar-refractivity contribution in [2.24, 2.45) is 0 Å². The van der Waals surface area contributed by atoms with Gasteiger partial charge in [-0.25, -0.2) is 0 Å². The van der Waals surface area contributed by atoms with Crippen LogP contribution in [0.3, 0.4) is 0 Å². The van der Waals surface area contributed by atoms with Gasteiger partial charge in [0, 0.05) is 28.8 Å². The predicted molar refractivity (Wildman–Crippen MR) is 122 cm³/mol. The first kappa shape index (κ1) is 23.0. The van der Waals surface area contributed by atoms with Crippen molar-refractivity contribution in [3.8, 4) is 0 Å². The molecule has 0 heterocycles. The molecule has 0 aliphatic rings. The van der Waals surface area contributed by atoms with Crippen LogP contribution in [-0.2, 0) is 4.79 Å². The molecule has 0 saturated carbocycles. The third-order valence-electron chi connectivity index (χ3n) is 4.74. The largest absolute Gasteiger partial charge is 0.355 e. The molecule has 2 N–H and O–H groups in total. The quantitative estimate of drug-likeness (QED) is 0.404. The van der Waals surface area contributed by atoms with Gasteiger partial charge in [-0.15, -0.1) is 0 Å². The van der Waals surface area contributed by atoms with Crippen molar-refractivity contribution in [1.82, 2.24) is 5.32 Å². The molecule has 0 aromatic heterocycles. The summed E-state index contributed by atoms with van der Waals surface area (Å²) in [5.41, 5.74) is 1.47. The zero-order valence-corrected chi connectivity index (χ0v) is 18.3. The van der Waals surface area contributed by atoms with E-state index >= 15 is 0 Å². The summed E-state index contributed by atoms with van der Waals surface area (Å²) in [6, 6.07) is 15.3. The van der Waals surface area contributed by atoms with Gasteiger partial charge in [0.2, 0.25) is 5.91 Å². The molecule has 0 fully saturated rings. The number of unbranched alkanes of at least 4 members (excludes halogenated alkanes) is 6. The number of para-hydroxylation sites is 1. The zero-order valence-electron chi connectivity index (χ0n) is 17.5. The van der Waals surface area contributed by atoms with Gasteiger partial charge in [-0.3, -0.25) is 9.59 Å². The van der Waals surface area contributed by atoms with E-state index in [0.717, 1.165) is 28.3 Å². The highest BCUT2D eigenvalue weighted by Gasteiger charge is 2.09. The van der Waals surface area contributed by atoms with Crippen LogP contribution in [0, 0.1) is 0 Å². The Morgan fingerprint density at radius 3 is 2.21 bits per heavy atom. The topological polar surface area (TPSA) is 58.2 Å². The normalized spacial score (nSPS) is 10.6. The number of carbonyl (C=O) groups excluding carboxylic acids is 2. The smallest absolute Gasteiger partial charge is 0.251 e. The SMILES string of the molecule is CCCCCCCCCC(=O)Nc1ccccc1Sc1ccc(C(=O)NC)cc1. The maximum atomic E-state index is 12.3. The number of rotatable bonds is 12. The molecule has 5 heteroatoms. The minimum Gasteiger partial charge on any atom is -0.355 e. The van der Waals surface area contributed by atoms with Crippen LogP contribution in [0.15, 0.2) is 58.3 Å². The third kappa shape index (κ3) is 8.32. The highest BCUT2D eigenvalue weighted by Crippen LogP contribution is 2.33. The van der Waals surface area contributed by atoms with Crippen molar-refractivity contribution in [3.63, 3.8) is 0 Å². The highest BCUT2D eigenvalue weighted by molar-refractivity contribution is 7.99. The Hall–Kier alpha value is -2.27. The molecule has 2 aromatic carbocycles. The van der Waals surface area contributed by atoms with E-state index < -0.39 is 0 Å². The van der Waals surface area contributed by atoms with Crippen molar-refractivity contribution in [1.29, 1.82) is 0 Å². The van der Waals surface area contributed by atoms with Gasteiger partial charge in [-0.2, -0.15) is 0 Å². The number of benzene rings is 2. The van der Waals surface area contributed by atoms with Crippen molar-refractivity contribution < 1.29 is 9.59 Å². The first-order chi connectivity index (χ1) is 14.1. The summed E-state index contributed by atoms with van der Waals surface area (Å²) < 4.78 is 0. The van der Waals surface area contributed by atoms with Gasteiger partial charge in [0.05, 0.1) is 5.69 Å². The van der Waals surface area contributed by atoms with Gasteiger partial charge in [-0.05, 0) is 42.8 Å². The Morgan fingerprint density at radius 1 is 0.862 bits per heavy atom. The minimum absolute atomic E-state index is 0.0709. The van der Waals surface area contributed by atoms with Crippen molar-refractivity contribution in [3.05, 3.63) is 54.1 Å². The highest BCUT2D eigenvalue weighted by atomic mass is 32.2. The van der Waals surface area contributed by atoms with Crippen LogP contribution >= 0.6 is 11.8 Å². The molecule has 4 nitrogen and oxygen atoms in total. The van der Waals surface area contributed by atoms with Crippen LogP contribution in [0.1, 0.15) is 68.6 Å². The van der Waals surface area contributed by atoms with E-state index in [4.69, 9.17) is 0 Å². The fourth-order valence-electron chi connectivity index (χ4n) is 3.06. The predicted octanol–water partition coefficient (Wildman–Crippen LogP) is 6.28. The second kappa shape index (κ2) is 13.0. The molecule has 0 saturated heterocycles. The number of nitrogens with one attached hydrogen (secondary N) is 2. The molecule has 0 aliphatic carbocycles. The van der Waals surface area contributed by atoms with Gasteiger partial charge < -0.3 is 10.6 Å². The number of amides is 2. The summed E-state index contributed by atoms with van der Waals surface area (Å²) in [5, 5.41) is 5.68. The molecule has 2 rings (SSSR count). The van der Waals surface area contributed by atoms with Gasteiger partial charge >= 0.3 is 0 Å². The Kier molecular flexibility index (Phi) is 10.4. The summed E-state index contributed by atoms with van der Waals surface area (Å²) in [6.45, 7) is 2.22. The zero-order chi connectivity index (χ0) is 20.9. The molecule has 0 aliphatic heterocycles. The second-order valence-electron chi connectivity index (χ2n) is 7.12. The lowest BCUT2D eigenvalue weighted by Gasteiger charge is -2.11. The number of carbonyl (C=O) groups is 2. The fraction of sp³-hybridized carbons (Fsp3) is 0.417. The van der Waals surface area contributed by atoms with Crippen molar-refractivity contribution >= 4 is 29.3 Å². The average Bonchev–Trinajstić information content (AvgIpc) is 2.74. The van der Waals surface area contributed by atoms with E-state index in [1.54, 1.807) is 18.8 Å². The van der Waals surface area contributed by atoms with Crippen molar-refractivity contribution in [2.75, 3.05) is 12.4 Å². The van der Waals surface area contributed by atoms with Crippen LogP contribution in [0.5, 0.6) is 0 Å². The first-order valence-corrected chi connectivity index (χ1v) is 11.3. The summed E-state index contributed by atoms with van der Waals surface area (Å²) in [6.07, 6.45) is 8.98. The monoisotopic (exact) mass is 412 g/mol. The Balaban J connectivity index is 1.85. The minimum atomic E-state index is -0.0976. The molecular weight excluding hydrogens is 380 g/mol. The molecule has 29 heavy (non-hydrogen) atoms.